The maximum absolute atomic E-state index is 14.4. The first kappa shape index (κ1) is 20.7. The number of carboxylic acids is 1. The third-order valence-electron chi connectivity index (χ3n) is 4.59. The van der Waals surface area contributed by atoms with Crippen molar-refractivity contribution < 1.29 is 31.8 Å². The average Bonchev–Trinajstić information content (AvgIpc) is 2.65. The summed E-state index contributed by atoms with van der Waals surface area (Å²) in [5.41, 5.74) is 0.938. The van der Waals surface area contributed by atoms with Crippen molar-refractivity contribution in [1.29, 1.82) is 0 Å². The summed E-state index contributed by atoms with van der Waals surface area (Å²) in [7, 11) is -3.73. The monoisotopic (exact) mass is 420 g/mol. The molecule has 1 N–H and O–H groups in total. The van der Waals surface area contributed by atoms with E-state index in [0.29, 0.717) is 21.9 Å². The number of aliphatic carboxylic acids is 1. The molecule has 152 valence electrons. The molecule has 0 saturated carbocycles. The molecule has 0 amide bonds. The first-order valence-corrected chi connectivity index (χ1v) is 10.4. The number of carboxylic acid groups (broad SMARTS) is 1. The number of sulfone groups is 1. The van der Waals surface area contributed by atoms with Gasteiger partial charge in [0.15, 0.2) is 9.84 Å². The first-order valence-electron chi connectivity index (χ1n) is 8.76. The molecule has 3 rings (SSSR count). The highest BCUT2D eigenvalue weighted by molar-refractivity contribution is 7.91. The molecule has 29 heavy (non-hydrogen) atoms. The van der Waals surface area contributed by atoms with Gasteiger partial charge in [-0.2, -0.15) is 0 Å². The lowest BCUT2D eigenvalue weighted by molar-refractivity contribution is -0.136. The van der Waals surface area contributed by atoms with Gasteiger partial charge in [0.25, 0.3) is 0 Å². The summed E-state index contributed by atoms with van der Waals surface area (Å²) in [6.45, 7) is 3.04. The van der Waals surface area contributed by atoms with Crippen LogP contribution >= 0.6 is 0 Å². The highest BCUT2D eigenvalue weighted by Crippen LogP contribution is 2.37. The van der Waals surface area contributed by atoms with Gasteiger partial charge < -0.3 is 9.84 Å². The SMILES string of the molecule is CCS(=O)(=O)c1ccc(Oc2c(C)c(CC(=O)O)cc3ccc(F)cc23)cc1F. The molecule has 0 unspecified atom stereocenters. The van der Waals surface area contributed by atoms with Crippen LogP contribution in [0.5, 0.6) is 11.5 Å². The predicted octanol–water partition coefficient (Wildman–Crippen LogP) is 4.64. The number of fused-ring (bicyclic) bond motifs is 1. The van der Waals surface area contributed by atoms with Gasteiger partial charge in [0.05, 0.1) is 12.2 Å². The fourth-order valence-electron chi connectivity index (χ4n) is 3.04. The number of rotatable bonds is 6. The largest absolute Gasteiger partial charge is 0.481 e. The van der Waals surface area contributed by atoms with Gasteiger partial charge in [0, 0.05) is 11.5 Å². The lowest BCUT2D eigenvalue weighted by Gasteiger charge is -2.16. The third kappa shape index (κ3) is 4.22. The van der Waals surface area contributed by atoms with Crippen molar-refractivity contribution in [1.82, 2.24) is 0 Å². The summed E-state index contributed by atoms with van der Waals surface area (Å²) in [5, 5.41) is 10.1. The molecule has 0 spiro atoms. The van der Waals surface area contributed by atoms with Gasteiger partial charge in [-0.25, -0.2) is 17.2 Å². The quantitative estimate of drug-likeness (QED) is 0.628. The van der Waals surface area contributed by atoms with Crippen molar-refractivity contribution >= 4 is 26.6 Å². The Labute approximate surface area is 166 Å². The van der Waals surface area contributed by atoms with Crippen LogP contribution in [0.15, 0.2) is 47.4 Å². The Bertz CT molecular complexity index is 1220. The van der Waals surface area contributed by atoms with Crippen LogP contribution in [-0.4, -0.2) is 25.2 Å². The van der Waals surface area contributed by atoms with Crippen LogP contribution in [0.1, 0.15) is 18.1 Å². The molecule has 0 radical (unpaired) electrons. The minimum absolute atomic E-state index is 0.0127. The summed E-state index contributed by atoms with van der Waals surface area (Å²) in [5.74, 6) is -2.56. The normalized spacial score (nSPS) is 11.6. The lowest BCUT2D eigenvalue weighted by Crippen LogP contribution is -2.06. The van der Waals surface area contributed by atoms with Crippen LogP contribution in [0.3, 0.4) is 0 Å². The number of hydrogen-bond donors (Lipinski definition) is 1. The minimum Gasteiger partial charge on any atom is -0.481 e. The van der Waals surface area contributed by atoms with Crippen LogP contribution in [0.25, 0.3) is 10.8 Å². The van der Waals surface area contributed by atoms with Gasteiger partial charge >= 0.3 is 5.97 Å². The molecule has 3 aromatic carbocycles. The second-order valence-corrected chi connectivity index (χ2v) is 8.77. The zero-order chi connectivity index (χ0) is 21.3. The third-order valence-corrected chi connectivity index (χ3v) is 6.35. The van der Waals surface area contributed by atoms with Gasteiger partial charge in [-0.3, -0.25) is 4.79 Å². The van der Waals surface area contributed by atoms with E-state index in [1.54, 1.807) is 13.0 Å². The Hall–Kier alpha value is -3.00. The fraction of sp³-hybridized carbons (Fsp3) is 0.190. The Morgan fingerprint density at radius 3 is 2.45 bits per heavy atom. The molecule has 0 bridgehead atoms. The number of carbonyl (C=O) groups is 1. The van der Waals surface area contributed by atoms with Gasteiger partial charge in [-0.1, -0.05) is 19.1 Å². The van der Waals surface area contributed by atoms with Gasteiger partial charge in [0.2, 0.25) is 0 Å². The van der Waals surface area contributed by atoms with Gasteiger partial charge in [-0.05, 0) is 47.7 Å². The molecular weight excluding hydrogens is 402 g/mol. The van der Waals surface area contributed by atoms with Crippen molar-refractivity contribution in [2.45, 2.75) is 25.2 Å². The van der Waals surface area contributed by atoms with Crippen molar-refractivity contribution in [3.05, 3.63) is 65.2 Å². The maximum Gasteiger partial charge on any atom is 0.307 e. The molecule has 5 nitrogen and oxygen atoms in total. The molecule has 8 heteroatoms. The number of benzene rings is 3. The van der Waals surface area contributed by atoms with E-state index in [1.807, 2.05) is 0 Å². The second kappa shape index (κ2) is 7.79. The van der Waals surface area contributed by atoms with E-state index in [0.717, 1.165) is 12.1 Å². The Morgan fingerprint density at radius 1 is 1.10 bits per heavy atom. The van der Waals surface area contributed by atoms with Gasteiger partial charge in [-0.15, -0.1) is 0 Å². The molecule has 3 aromatic rings. The Morgan fingerprint density at radius 2 is 1.83 bits per heavy atom. The Kier molecular flexibility index (Phi) is 5.57. The zero-order valence-corrected chi connectivity index (χ0v) is 16.5. The molecule has 0 fully saturated rings. The number of ether oxygens (including phenoxy) is 1. The summed E-state index contributed by atoms with van der Waals surface area (Å²) in [6.07, 6.45) is -0.266. The van der Waals surface area contributed by atoms with E-state index in [9.17, 15) is 22.0 Å². The summed E-state index contributed by atoms with van der Waals surface area (Å²) < 4.78 is 57.8. The molecule has 0 heterocycles. The number of hydrogen-bond acceptors (Lipinski definition) is 4. The maximum atomic E-state index is 14.4. The van der Waals surface area contributed by atoms with Crippen molar-refractivity contribution in [3.8, 4) is 11.5 Å². The standard InChI is InChI=1S/C21H18F2O5S/c1-3-29(26,27)19-7-6-16(11-18(19)23)28-21-12(2)14(9-20(24)25)8-13-4-5-15(22)10-17(13)21/h4-8,10-11H,3,9H2,1-2H3,(H,24,25). The summed E-state index contributed by atoms with van der Waals surface area (Å²) >= 11 is 0. The van der Waals surface area contributed by atoms with E-state index < -0.39 is 32.3 Å². The molecule has 0 aliphatic rings. The van der Waals surface area contributed by atoms with Crippen LogP contribution in [0.2, 0.25) is 0 Å². The first-order chi connectivity index (χ1) is 13.6. The summed E-state index contributed by atoms with van der Waals surface area (Å²) in [6, 6.07) is 8.99. The van der Waals surface area contributed by atoms with Crippen molar-refractivity contribution in [3.63, 3.8) is 0 Å². The highest BCUT2D eigenvalue weighted by atomic mass is 32.2. The highest BCUT2D eigenvalue weighted by Gasteiger charge is 2.19. The second-order valence-electron chi connectivity index (χ2n) is 6.52. The molecule has 0 saturated heterocycles. The van der Waals surface area contributed by atoms with Crippen molar-refractivity contribution in [2.75, 3.05) is 5.75 Å². The minimum atomic E-state index is -3.73. The van der Waals surface area contributed by atoms with Crippen LogP contribution in [-0.2, 0) is 21.1 Å². The zero-order valence-electron chi connectivity index (χ0n) is 15.7. The fourth-order valence-corrected chi connectivity index (χ4v) is 3.99. The lowest BCUT2D eigenvalue weighted by atomic mass is 9.98. The van der Waals surface area contributed by atoms with Crippen molar-refractivity contribution in [2.24, 2.45) is 0 Å². The Balaban J connectivity index is 2.14. The molecule has 0 aromatic heterocycles. The van der Waals surface area contributed by atoms with Crippen LogP contribution in [0.4, 0.5) is 8.78 Å². The number of halogens is 2. The molecule has 0 aliphatic carbocycles. The summed E-state index contributed by atoms with van der Waals surface area (Å²) in [4.78, 5) is 10.7. The van der Waals surface area contributed by atoms with E-state index in [2.05, 4.69) is 0 Å². The smallest absolute Gasteiger partial charge is 0.307 e. The topological polar surface area (TPSA) is 80.7 Å². The van der Waals surface area contributed by atoms with E-state index in [-0.39, 0.29) is 23.7 Å². The molecule has 0 atom stereocenters. The van der Waals surface area contributed by atoms with Crippen LogP contribution < -0.4 is 4.74 Å². The average molecular weight is 420 g/mol. The van der Waals surface area contributed by atoms with Crippen LogP contribution in [0, 0.1) is 18.6 Å². The molecular formula is C21H18F2O5S. The predicted molar refractivity (Wildman–Crippen MR) is 104 cm³/mol. The van der Waals surface area contributed by atoms with E-state index in [1.165, 1.54) is 31.2 Å². The van der Waals surface area contributed by atoms with E-state index in [4.69, 9.17) is 9.84 Å². The molecule has 0 aliphatic heterocycles. The van der Waals surface area contributed by atoms with Gasteiger partial charge in [0.1, 0.15) is 28.0 Å². The van der Waals surface area contributed by atoms with E-state index >= 15 is 0 Å².